The lowest BCUT2D eigenvalue weighted by molar-refractivity contribution is 0.0852. The van der Waals surface area contributed by atoms with Gasteiger partial charge in [-0.25, -0.2) is 0 Å². The zero-order valence-electron chi connectivity index (χ0n) is 11.8. The summed E-state index contributed by atoms with van der Waals surface area (Å²) >= 11 is 8.05. The summed E-state index contributed by atoms with van der Waals surface area (Å²) in [7, 11) is 1.55. The van der Waals surface area contributed by atoms with E-state index in [1.54, 1.807) is 10.8 Å². The van der Waals surface area contributed by atoms with Gasteiger partial charge in [0.15, 0.2) is 0 Å². The van der Waals surface area contributed by atoms with Gasteiger partial charge in [-0.2, -0.15) is 5.10 Å². The van der Waals surface area contributed by atoms with Crippen LogP contribution in [0.3, 0.4) is 0 Å². The van der Waals surface area contributed by atoms with Gasteiger partial charge in [-0.15, -0.1) is 11.7 Å². The Morgan fingerprint density at radius 1 is 1.52 bits per heavy atom. The van der Waals surface area contributed by atoms with Gasteiger partial charge < -0.3 is 9.64 Å². The first-order valence-corrected chi connectivity index (χ1v) is 9.78. The molecule has 1 aliphatic heterocycles. The van der Waals surface area contributed by atoms with E-state index in [1.165, 1.54) is 11.3 Å². The van der Waals surface area contributed by atoms with Crippen molar-refractivity contribution in [2.24, 2.45) is 0 Å². The van der Waals surface area contributed by atoms with Gasteiger partial charge in [-0.1, -0.05) is 26.7 Å². The second kappa shape index (κ2) is 6.81. The molecule has 0 aliphatic carbocycles. The molecular weight excluding hydrogens is 370 g/mol. The van der Waals surface area contributed by atoms with Crippen LogP contribution in [0.15, 0.2) is 16.7 Å². The fourth-order valence-electron chi connectivity index (χ4n) is 2.91. The number of aromatic amines is 1. The number of anilines is 1. The molecule has 0 atom stereocenters. The quantitative estimate of drug-likeness (QED) is 0.469. The van der Waals surface area contributed by atoms with Gasteiger partial charge in [-0.05, 0) is 31.4 Å². The lowest BCUT2D eigenvalue weighted by atomic mass is 10.0. The molecule has 21 heavy (non-hydrogen) atoms. The van der Waals surface area contributed by atoms with E-state index in [4.69, 9.17) is 4.74 Å². The van der Waals surface area contributed by atoms with Gasteiger partial charge in [0.2, 0.25) is 0 Å². The maximum atomic E-state index is 5.51. The highest BCUT2D eigenvalue weighted by molar-refractivity contribution is 9.10. The van der Waals surface area contributed by atoms with Crippen LogP contribution in [0.5, 0.6) is 0 Å². The van der Waals surface area contributed by atoms with Gasteiger partial charge in [0.1, 0.15) is 0 Å². The minimum atomic E-state index is 0.484. The molecule has 2 aromatic rings. The molecule has 1 aromatic heterocycles. The monoisotopic (exact) mass is 387 g/mol. The zero-order chi connectivity index (χ0) is 14.8. The lowest BCUT2D eigenvalue weighted by Gasteiger charge is -2.36. The van der Waals surface area contributed by atoms with Crippen LogP contribution in [-0.2, 0) is 4.74 Å². The third-order valence-corrected chi connectivity index (χ3v) is 5.58. The fraction of sp³-hybridized carbons (Fsp3) is 0.500. The molecule has 0 saturated carbocycles. The molecule has 0 unspecified atom stereocenters. The van der Waals surface area contributed by atoms with Crippen molar-refractivity contribution in [1.82, 2.24) is 10.2 Å². The lowest BCUT2D eigenvalue weighted by Crippen LogP contribution is -2.39. The number of hydrogen-bond acceptors (Lipinski definition) is 5. The average molecular weight is 388 g/mol. The number of nitrogens with zero attached hydrogens (tertiary/aromatic N) is 2. The first-order chi connectivity index (χ1) is 10.2. The van der Waals surface area contributed by atoms with E-state index in [9.17, 15) is 0 Å². The molecule has 0 bridgehead atoms. The molecule has 1 fully saturated rings. The van der Waals surface area contributed by atoms with E-state index >= 15 is 0 Å². The number of ether oxygens (including phenoxy) is 1. The Hall–Kier alpha value is -0.370. The molecule has 1 saturated heterocycles. The number of aromatic nitrogens is 2. The van der Waals surface area contributed by atoms with E-state index in [0.717, 1.165) is 47.3 Å². The van der Waals surface area contributed by atoms with Crippen molar-refractivity contribution in [2.45, 2.75) is 25.8 Å². The maximum absolute atomic E-state index is 5.51. The Morgan fingerprint density at radius 2 is 2.29 bits per heavy atom. The molecule has 7 heteroatoms. The van der Waals surface area contributed by atoms with Crippen LogP contribution in [0.25, 0.3) is 10.9 Å². The number of halogens is 1. The van der Waals surface area contributed by atoms with E-state index < -0.39 is 0 Å². The van der Waals surface area contributed by atoms with Gasteiger partial charge in [0.05, 0.1) is 23.3 Å². The number of H-pyrrole nitrogens is 1. The molecular formula is C14H18BrN3OS2. The molecule has 2 heterocycles. The van der Waals surface area contributed by atoms with Crippen LogP contribution in [0.2, 0.25) is 0 Å². The average Bonchev–Trinajstić information content (AvgIpc) is 2.95. The highest BCUT2D eigenvalue weighted by Crippen LogP contribution is 2.37. The Bertz CT molecular complexity index is 628. The van der Waals surface area contributed by atoms with Crippen molar-refractivity contribution in [1.29, 1.82) is 0 Å². The number of fused-ring (bicyclic) bond motifs is 1. The maximum Gasteiger partial charge on any atom is 0.0887 e. The summed E-state index contributed by atoms with van der Waals surface area (Å²) in [5.74, 6) is 0.846. The molecule has 1 N–H and O–H groups in total. The van der Waals surface area contributed by atoms with E-state index in [1.807, 2.05) is 6.20 Å². The normalized spacial score (nSPS) is 16.5. The third-order valence-electron chi connectivity index (χ3n) is 4.02. The van der Waals surface area contributed by atoms with Gasteiger partial charge in [0.25, 0.3) is 0 Å². The number of rotatable bonds is 4. The fourth-order valence-corrected chi connectivity index (χ4v) is 4.18. The largest absolute Gasteiger partial charge is 0.381 e. The second-order valence-corrected chi connectivity index (χ2v) is 7.38. The van der Waals surface area contributed by atoms with Gasteiger partial charge in [-0.3, -0.25) is 5.10 Å². The summed E-state index contributed by atoms with van der Waals surface area (Å²) in [6, 6.07) is 2.60. The summed E-state index contributed by atoms with van der Waals surface area (Å²) in [4.78, 5) is 2.45. The molecule has 3 rings (SSSR count). The second-order valence-electron chi connectivity index (χ2n) is 5.24. The molecule has 1 aromatic carbocycles. The van der Waals surface area contributed by atoms with E-state index in [-0.39, 0.29) is 0 Å². The predicted octanol–water partition coefficient (Wildman–Crippen LogP) is 4.15. The highest BCUT2D eigenvalue weighted by atomic mass is 79.9. The topological polar surface area (TPSA) is 41.2 Å². The van der Waals surface area contributed by atoms with Crippen LogP contribution < -0.4 is 4.90 Å². The van der Waals surface area contributed by atoms with Crippen molar-refractivity contribution < 1.29 is 4.74 Å². The van der Waals surface area contributed by atoms with Crippen molar-refractivity contribution >= 4 is 55.0 Å². The summed E-state index contributed by atoms with van der Waals surface area (Å²) in [6.07, 6.45) is 3.98. The van der Waals surface area contributed by atoms with Crippen LogP contribution >= 0.6 is 38.4 Å². The summed E-state index contributed by atoms with van der Waals surface area (Å²) in [5.41, 5.74) is 3.57. The summed E-state index contributed by atoms with van der Waals surface area (Å²) in [6.45, 7) is 3.81. The van der Waals surface area contributed by atoms with E-state index in [2.05, 4.69) is 55.7 Å². The van der Waals surface area contributed by atoms with Gasteiger partial charge in [0, 0.05) is 29.1 Å². The number of thiol groups is 1. The van der Waals surface area contributed by atoms with Crippen molar-refractivity contribution in [3.8, 4) is 0 Å². The zero-order valence-corrected chi connectivity index (χ0v) is 15.1. The third kappa shape index (κ3) is 3.06. The molecule has 0 radical (unpaired) electrons. The number of benzene rings is 1. The number of nitrogens with one attached hydrogen (secondary N) is 1. The van der Waals surface area contributed by atoms with Crippen molar-refractivity contribution in [2.75, 3.05) is 24.0 Å². The number of hydrogen-bond donors (Lipinski definition) is 2. The Labute approximate surface area is 141 Å². The first kappa shape index (κ1) is 15.5. The minimum absolute atomic E-state index is 0.484. The molecule has 0 spiro atoms. The molecule has 0 amide bonds. The van der Waals surface area contributed by atoms with Crippen LogP contribution in [0.1, 0.15) is 18.4 Å². The van der Waals surface area contributed by atoms with Gasteiger partial charge >= 0.3 is 0 Å². The smallest absolute Gasteiger partial charge is 0.0887 e. The van der Waals surface area contributed by atoms with Crippen molar-refractivity contribution in [3.63, 3.8) is 0 Å². The summed E-state index contributed by atoms with van der Waals surface area (Å²) in [5, 5.41) is 8.49. The molecule has 4 nitrogen and oxygen atoms in total. The first-order valence-electron chi connectivity index (χ1n) is 6.95. The standard InChI is InChI=1S/C14H18BrN3OS2/c1-9-12(15)6-10-7-16-17-13(10)14(9)18(8-21-20)11-2-4-19-5-3-11/h6-7,11,20H,2-5,8H2,1H3,(H,16,17). The minimum Gasteiger partial charge on any atom is -0.381 e. The predicted molar refractivity (Wildman–Crippen MR) is 96.3 cm³/mol. The Balaban J connectivity index is 2.09. The molecule has 114 valence electrons. The van der Waals surface area contributed by atoms with E-state index in [0.29, 0.717) is 6.04 Å². The van der Waals surface area contributed by atoms with Crippen LogP contribution in [0, 0.1) is 6.92 Å². The Morgan fingerprint density at radius 3 is 3.00 bits per heavy atom. The molecule has 1 aliphatic rings. The SMILES string of the molecule is Cc1c(Br)cc2cn[nH]c2c1N(CSS)C1CCOCC1. The van der Waals surface area contributed by atoms with Crippen LogP contribution in [-0.4, -0.2) is 35.3 Å². The van der Waals surface area contributed by atoms with Crippen LogP contribution in [0.4, 0.5) is 5.69 Å². The Kier molecular flexibility index (Phi) is 5.03. The van der Waals surface area contributed by atoms with Crippen molar-refractivity contribution in [3.05, 3.63) is 22.3 Å². The highest BCUT2D eigenvalue weighted by Gasteiger charge is 2.25. The summed E-state index contributed by atoms with van der Waals surface area (Å²) < 4.78 is 6.63.